The molecule has 3 N–H and O–H groups in total. The van der Waals surface area contributed by atoms with Crippen LogP contribution in [0.4, 0.5) is 22.9 Å². The minimum atomic E-state index is -1.01. The zero-order valence-corrected chi connectivity index (χ0v) is 30.5. The Hall–Kier alpha value is -4.13. The Labute approximate surface area is 299 Å². The molecular weight excluding hydrogens is 770 g/mol. The summed E-state index contributed by atoms with van der Waals surface area (Å²) in [4.78, 5) is 60.7. The lowest BCUT2D eigenvalue weighted by molar-refractivity contribution is -0.384. The van der Waals surface area contributed by atoms with Gasteiger partial charge in [-0.3, -0.25) is 34.2 Å². The lowest BCUT2D eigenvalue weighted by Crippen LogP contribution is -2.48. The summed E-state index contributed by atoms with van der Waals surface area (Å²) in [6.45, 7) is 5.21. The molecule has 5 rings (SSSR count). The number of pyridine rings is 1. The number of aromatic nitrogens is 3. The van der Waals surface area contributed by atoms with Gasteiger partial charge in [-0.1, -0.05) is 15.9 Å². The maximum Gasteiger partial charge on any atom is 0.294 e. The Balaban J connectivity index is 1.48. The van der Waals surface area contributed by atoms with Gasteiger partial charge in [-0.05, 0) is 48.3 Å². The number of nitro groups is 1. The summed E-state index contributed by atoms with van der Waals surface area (Å²) in [7, 11) is 3.27. The maximum atomic E-state index is 14.0. The number of nitrogens with one attached hydrogen (secondary N) is 3. The van der Waals surface area contributed by atoms with Crippen LogP contribution in [0.1, 0.15) is 41.0 Å². The lowest BCUT2D eigenvalue weighted by Gasteiger charge is -2.35. The van der Waals surface area contributed by atoms with E-state index in [9.17, 15) is 24.5 Å². The zero-order chi connectivity index (χ0) is 35.4. The smallest absolute Gasteiger partial charge is 0.294 e. The molecule has 2 saturated heterocycles. The van der Waals surface area contributed by atoms with Gasteiger partial charge in [0.05, 0.1) is 51.6 Å². The maximum absolute atomic E-state index is 14.0. The minimum absolute atomic E-state index is 0.00179. The molecule has 2 aliphatic heterocycles. The van der Waals surface area contributed by atoms with Gasteiger partial charge >= 0.3 is 0 Å². The highest BCUT2D eigenvalue weighted by Gasteiger charge is 2.42. The molecule has 0 aliphatic carbocycles. The van der Waals surface area contributed by atoms with Gasteiger partial charge in [0.15, 0.2) is 5.82 Å². The van der Waals surface area contributed by atoms with Crippen LogP contribution >= 0.6 is 31.9 Å². The van der Waals surface area contributed by atoms with Crippen LogP contribution in [0.15, 0.2) is 45.7 Å². The van der Waals surface area contributed by atoms with E-state index >= 15 is 0 Å². The summed E-state index contributed by atoms with van der Waals surface area (Å²) in [5.41, 5.74) is 0.615. The van der Waals surface area contributed by atoms with E-state index in [0.29, 0.717) is 40.9 Å². The quantitative estimate of drug-likeness (QED) is 0.188. The lowest BCUT2D eigenvalue weighted by atomic mass is 10.1. The Bertz CT molecular complexity index is 1730. The summed E-state index contributed by atoms with van der Waals surface area (Å²) < 4.78 is 13.4. The molecule has 2 fully saturated rings. The second-order valence-corrected chi connectivity index (χ2v) is 13.7. The largest absolute Gasteiger partial charge is 0.387 e. The van der Waals surface area contributed by atoms with Crippen molar-refractivity contribution in [1.82, 2.24) is 24.6 Å². The first kappa shape index (κ1) is 36.2. The van der Waals surface area contributed by atoms with E-state index in [-0.39, 0.29) is 53.5 Å². The summed E-state index contributed by atoms with van der Waals surface area (Å²) in [5.74, 6) is -1.12. The minimum Gasteiger partial charge on any atom is -0.387 e. The monoisotopic (exact) mass is 805 g/mol. The molecule has 4 atom stereocenters. The van der Waals surface area contributed by atoms with Crippen molar-refractivity contribution in [3.8, 4) is 0 Å². The number of methoxy groups -OCH3 is 1. The van der Waals surface area contributed by atoms with Crippen molar-refractivity contribution in [3.63, 3.8) is 0 Å². The van der Waals surface area contributed by atoms with Gasteiger partial charge in [-0.15, -0.1) is 0 Å². The van der Waals surface area contributed by atoms with E-state index in [0.717, 1.165) is 0 Å². The van der Waals surface area contributed by atoms with Gasteiger partial charge in [-0.2, -0.15) is 5.10 Å². The summed E-state index contributed by atoms with van der Waals surface area (Å²) in [6.07, 6.45) is 4.31. The Morgan fingerprint density at radius 3 is 2.51 bits per heavy atom. The summed E-state index contributed by atoms with van der Waals surface area (Å²) in [6, 6.07) is 2.82. The van der Waals surface area contributed by atoms with E-state index in [2.05, 4.69) is 57.9 Å². The fraction of sp³-hybridized carbons (Fsp3) is 0.452. The van der Waals surface area contributed by atoms with Gasteiger partial charge in [-0.25, -0.2) is 0 Å². The van der Waals surface area contributed by atoms with Crippen LogP contribution in [0, 0.1) is 10.1 Å². The fourth-order valence-corrected chi connectivity index (χ4v) is 6.89. The predicted octanol–water partition coefficient (Wildman–Crippen LogP) is 3.98. The third-order valence-corrected chi connectivity index (χ3v) is 9.22. The molecule has 0 bridgehead atoms. The molecule has 2 aromatic heterocycles. The molecule has 2 aliphatic rings. The van der Waals surface area contributed by atoms with Crippen molar-refractivity contribution in [3.05, 3.63) is 67.0 Å². The SMILES string of the molecule is CNc1cncc(C(=O)N2C[C@H](Nc3c(C(=O)N4C[C@@H](C)O[C@@H](C)C4)cc(Br)cc3[N+](=O)[O-])C[C@H]2C(=O)Nc2nn(CCOC)cc2Br)c1. The zero-order valence-electron chi connectivity index (χ0n) is 27.3. The number of anilines is 3. The second-order valence-electron chi connectivity index (χ2n) is 11.9. The van der Waals surface area contributed by atoms with Crippen LogP contribution < -0.4 is 16.0 Å². The third kappa shape index (κ3) is 8.37. The van der Waals surface area contributed by atoms with Gasteiger partial charge < -0.3 is 35.2 Å². The van der Waals surface area contributed by atoms with Crippen molar-refractivity contribution < 1.29 is 28.8 Å². The Morgan fingerprint density at radius 1 is 1.10 bits per heavy atom. The molecule has 0 unspecified atom stereocenters. The molecule has 3 amide bonds. The molecule has 0 spiro atoms. The highest BCUT2D eigenvalue weighted by Crippen LogP contribution is 2.36. The first-order chi connectivity index (χ1) is 23.4. The molecule has 18 heteroatoms. The number of nitro benzene ring substituents is 1. The predicted molar refractivity (Wildman–Crippen MR) is 188 cm³/mol. The highest BCUT2D eigenvalue weighted by atomic mass is 79.9. The normalized spacial score (nSPS) is 20.6. The number of carbonyl (C=O) groups excluding carboxylic acids is 3. The van der Waals surface area contributed by atoms with Gasteiger partial charge in [0.1, 0.15) is 11.7 Å². The van der Waals surface area contributed by atoms with Crippen LogP contribution in [-0.4, -0.2) is 112 Å². The average Bonchev–Trinajstić information content (AvgIpc) is 3.65. The fourth-order valence-electron chi connectivity index (χ4n) is 6.03. The number of morpholine rings is 1. The molecule has 0 saturated carbocycles. The molecule has 262 valence electrons. The molecule has 3 aromatic rings. The second kappa shape index (κ2) is 15.6. The van der Waals surface area contributed by atoms with Crippen molar-refractivity contribution in [2.75, 3.05) is 56.3 Å². The van der Waals surface area contributed by atoms with Gasteiger partial charge in [0.2, 0.25) is 5.91 Å². The van der Waals surface area contributed by atoms with Crippen LogP contribution in [0.2, 0.25) is 0 Å². The van der Waals surface area contributed by atoms with Crippen LogP contribution in [0.3, 0.4) is 0 Å². The highest BCUT2D eigenvalue weighted by molar-refractivity contribution is 9.10. The van der Waals surface area contributed by atoms with Crippen molar-refractivity contribution in [2.45, 2.75) is 51.1 Å². The number of rotatable bonds is 11. The third-order valence-electron chi connectivity index (χ3n) is 8.19. The van der Waals surface area contributed by atoms with E-state index in [1.807, 2.05) is 13.8 Å². The standard InChI is InChI=1S/C31H37Br2N9O7/c1-17-13-39(14-18(2)49-17)31(45)23-8-20(32)9-25(42(46)47)27(23)36-22-10-26(29(43)37-28-24(33)16-40(38-28)5-6-48-4)41(15-22)30(44)19-7-21(34-3)12-35-11-19/h7-9,11-12,16-18,22,26,34,36H,5-6,10,13-15H2,1-4H3,(H,37,38,43)/t17-,18+,22-,26+/m1/s1. The number of nitrogens with zero attached hydrogens (tertiary/aromatic N) is 6. The number of halogens is 2. The van der Waals surface area contributed by atoms with Crippen LogP contribution in [0.25, 0.3) is 0 Å². The summed E-state index contributed by atoms with van der Waals surface area (Å²) in [5, 5.41) is 25.7. The molecular formula is C31H37Br2N9O7. The van der Waals surface area contributed by atoms with Gasteiger partial charge in [0, 0.05) is 69.0 Å². The average molecular weight is 808 g/mol. The van der Waals surface area contributed by atoms with E-state index in [1.54, 1.807) is 42.2 Å². The molecule has 49 heavy (non-hydrogen) atoms. The number of carbonyl (C=O) groups is 3. The molecule has 16 nitrogen and oxygen atoms in total. The van der Waals surface area contributed by atoms with E-state index in [1.165, 1.54) is 23.2 Å². The number of hydrogen-bond donors (Lipinski definition) is 3. The van der Waals surface area contributed by atoms with Crippen molar-refractivity contribution in [2.24, 2.45) is 0 Å². The molecule has 4 heterocycles. The number of benzene rings is 1. The Kier molecular flexibility index (Phi) is 11.5. The number of ether oxygens (including phenoxy) is 2. The topological polar surface area (TPSA) is 186 Å². The van der Waals surface area contributed by atoms with E-state index < -0.39 is 34.7 Å². The Morgan fingerprint density at radius 2 is 1.84 bits per heavy atom. The number of amides is 3. The molecule has 1 aromatic carbocycles. The molecule has 0 radical (unpaired) electrons. The number of hydrogen-bond acceptors (Lipinski definition) is 11. The van der Waals surface area contributed by atoms with Crippen molar-refractivity contribution in [1.29, 1.82) is 0 Å². The van der Waals surface area contributed by atoms with Crippen LogP contribution in [-0.2, 0) is 20.8 Å². The first-order valence-corrected chi connectivity index (χ1v) is 17.1. The number of likely N-dealkylation sites (tertiary alicyclic amines) is 1. The first-order valence-electron chi connectivity index (χ1n) is 15.5. The summed E-state index contributed by atoms with van der Waals surface area (Å²) >= 11 is 6.76. The van der Waals surface area contributed by atoms with E-state index in [4.69, 9.17) is 9.47 Å². The van der Waals surface area contributed by atoms with Crippen molar-refractivity contribution >= 4 is 72.5 Å². The van der Waals surface area contributed by atoms with Crippen LogP contribution in [0.5, 0.6) is 0 Å². The van der Waals surface area contributed by atoms with Gasteiger partial charge in [0.25, 0.3) is 17.5 Å².